The van der Waals surface area contributed by atoms with Crippen molar-refractivity contribution in [1.29, 1.82) is 0 Å². The molecule has 0 aromatic carbocycles. The molecule has 0 aromatic rings. The Labute approximate surface area is 108 Å². The van der Waals surface area contributed by atoms with Crippen LogP contribution in [0.3, 0.4) is 0 Å². The fraction of sp³-hybridized carbons (Fsp3) is 0.750. The maximum Gasteiger partial charge on any atom is 0.0445 e. The summed E-state index contributed by atoms with van der Waals surface area (Å²) in [4.78, 5) is 0. The molecular formula is C16H28Si. The Kier molecular flexibility index (Phi) is 3.42. The van der Waals surface area contributed by atoms with E-state index in [1.807, 2.05) is 0 Å². The molecule has 4 unspecified atom stereocenters. The van der Waals surface area contributed by atoms with E-state index in [-0.39, 0.29) is 0 Å². The van der Waals surface area contributed by atoms with Crippen LogP contribution in [0.15, 0.2) is 23.3 Å². The van der Waals surface area contributed by atoms with Gasteiger partial charge in [0.05, 0.1) is 0 Å². The van der Waals surface area contributed by atoms with Crippen molar-refractivity contribution in [3.05, 3.63) is 23.3 Å². The average Bonchev–Trinajstić information content (AvgIpc) is 2.47. The zero-order valence-corrected chi connectivity index (χ0v) is 13.4. The molecule has 0 amide bonds. The first-order valence-corrected chi connectivity index (χ1v) is 10.9. The molecule has 0 nitrogen and oxygen atoms in total. The van der Waals surface area contributed by atoms with Crippen molar-refractivity contribution < 1.29 is 0 Å². The van der Waals surface area contributed by atoms with Gasteiger partial charge in [-0.15, -0.1) is 0 Å². The molecule has 2 rings (SSSR count). The van der Waals surface area contributed by atoms with Crippen LogP contribution in [0.25, 0.3) is 0 Å². The first-order chi connectivity index (χ1) is 7.79. The van der Waals surface area contributed by atoms with Crippen molar-refractivity contribution in [1.82, 2.24) is 0 Å². The second kappa shape index (κ2) is 4.42. The number of rotatable bonds is 2. The molecule has 0 spiro atoms. The predicted octanol–water partition coefficient (Wildman–Crippen LogP) is 5.12. The molecule has 0 saturated heterocycles. The molecule has 1 fully saturated rings. The smallest absolute Gasteiger partial charge is 0.0445 e. The van der Waals surface area contributed by atoms with Crippen LogP contribution >= 0.6 is 0 Å². The van der Waals surface area contributed by atoms with Crippen LogP contribution in [-0.2, 0) is 0 Å². The van der Waals surface area contributed by atoms with Gasteiger partial charge in [-0.1, -0.05) is 55.9 Å². The average molecular weight is 248 g/mol. The Hall–Kier alpha value is -0.303. The molecule has 2 aliphatic rings. The van der Waals surface area contributed by atoms with Gasteiger partial charge in [0.1, 0.15) is 0 Å². The van der Waals surface area contributed by atoms with Crippen molar-refractivity contribution in [2.24, 2.45) is 23.7 Å². The van der Waals surface area contributed by atoms with Gasteiger partial charge in [-0.05, 0) is 43.9 Å². The quantitative estimate of drug-likeness (QED) is 0.595. The summed E-state index contributed by atoms with van der Waals surface area (Å²) in [5.74, 6) is 3.55. The Morgan fingerprint density at radius 2 is 1.88 bits per heavy atom. The van der Waals surface area contributed by atoms with Gasteiger partial charge in [0.2, 0.25) is 0 Å². The lowest BCUT2D eigenvalue weighted by molar-refractivity contribution is 0.401. The number of hydrogen-bond donors (Lipinski definition) is 0. The van der Waals surface area contributed by atoms with E-state index in [1.54, 1.807) is 5.57 Å². The van der Waals surface area contributed by atoms with Crippen LogP contribution < -0.4 is 0 Å². The largest absolute Gasteiger partial charge is 0.0803 e. The molecule has 1 heteroatoms. The van der Waals surface area contributed by atoms with Gasteiger partial charge in [0, 0.05) is 8.07 Å². The van der Waals surface area contributed by atoms with Gasteiger partial charge in [-0.2, -0.15) is 0 Å². The Balaban J connectivity index is 2.24. The van der Waals surface area contributed by atoms with E-state index in [0.717, 1.165) is 23.7 Å². The lowest BCUT2D eigenvalue weighted by Crippen LogP contribution is -2.28. The molecule has 0 aliphatic heterocycles. The monoisotopic (exact) mass is 248 g/mol. The van der Waals surface area contributed by atoms with Crippen molar-refractivity contribution in [2.45, 2.75) is 52.9 Å². The normalized spacial score (nSPS) is 37.5. The van der Waals surface area contributed by atoms with Gasteiger partial charge in [0.25, 0.3) is 0 Å². The highest BCUT2D eigenvalue weighted by Crippen LogP contribution is 2.51. The maximum absolute atomic E-state index is 2.52. The molecule has 0 N–H and O–H groups in total. The summed E-state index contributed by atoms with van der Waals surface area (Å²) < 4.78 is 0. The van der Waals surface area contributed by atoms with E-state index in [9.17, 15) is 0 Å². The highest BCUT2D eigenvalue weighted by atomic mass is 28.3. The molecule has 96 valence electrons. The SMILES string of the molecule is CC1=C(C)C2C(C[Si](C)(C)C)CC(C)C2C=C1. The molecule has 0 radical (unpaired) electrons. The molecule has 17 heavy (non-hydrogen) atoms. The molecule has 0 heterocycles. The van der Waals surface area contributed by atoms with Crippen LogP contribution in [0.1, 0.15) is 27.2 Å². The Morgan fingerprint density at radius 3 is 2.47 bits per heavy atom. The lowest BCUT2D eigenvalue weighted by Gasteiger charge is -2.32. The number of hydrogen-bond acceptors (Lipinski definition) is 0. The van der Waals surface area contributed by atoms with Crippen molar-refractivity contribution in [3.63, 3.8) is 0 Å². The van der Waals surface area contributed by atoms with E-state index in [2.05, 4.69) is 52.6 Å². The minimum absolute atomic E-state index is 0.833. The first-order valence-electron chi connectivity index (χ1n) is 7.15. The number of allylic oxidation sites excluding steroid dienone is 4. The second-order valence-corrected chi connectivity index (χ2v) is 13.1. The molecule has 0 aromatic heterocycles. The molecule has 2 aliphatic carbocycles. The van der Waals surface area contributed by atoms with Crippen molar-refractivity contribution in [3.8, 4) is 0 Å². The summed E-state index contributed by atoms with van der Waals surface area (Å²) in [6.45, 7) is 14.7. The minimum atomic E-state index is -0.926. The van der Waals surface area contributed by atoms with E-state index in [0.29, 0.717) is 0 Å². The fourth-order valence-electron chi connectivity index (χ4n) is 4.05. The summed E-state index contributed by atoms with van der Waals surface area (Å²) in [5.41, 5.74) is 3.21. The molecule has 0 bridgehead atoms. The van der Waals surface area contributed by atoms with Gasteiger partial charge in [-0.25, -0.2) is 0 Å². The zero-order chi connectivity index (χ0) is 12.8. The van der Waals surface area contributed by atoms with E-state index >= 15 is 0 Å². The van der Waals surface area contributed by atoms with Crippen LogP contribution in [0, 0.1) is 23.7 Å². The van der Waals surface area contributed by atoms with Gasteiger partial charge < -0.3 is 0 Å². The van der Waals surface area contributed by atoms with Crippen LogP contribution in [-0.4, -0.2) is 8.07 Å². The maximum atomic E-state index is 2.52. The van der Waals surface area contributed by atoms with E-state index in [1.165, 1.54) is 18.0 Å². The van der Waals surface area contributed by atoms with Crippen LogP contribution in [0.2, 0.25) is 25.7 Å². The van der Waals surface area contributed by atoms with Crippen LogP contribution in [0.4, 0.5) is 0 Å². The third kappa shape index (κ3) is 2.59. The zero-order valence-electron chi connectivity index (χ0n) is 12.4. The van der Waals surface area contributed by atoms with E-state index in [4.69, 9.17) is 0 Å². The Morgan fingerprint density at radius 1 is 1.24 bits per heavy atom. The summed E-state index contributed by atoms with van der Waals surface area (Å²) in [5, 5.41) is 0. The predicted molar refractivity (Wildman–Crippen MR) is 79.9 cm³/mol. The summed E-state index contributed by atoms with van der Waals surface area (Å²) in [6.07, 6.45) is 6.32. The molecule has 4 atom stereocenters. The molecular weight excluding hydrogens is 220 g/mol. The first kappa shape index (κ1) is 13.1. The highest BCUT2D eigenvalue weighted by Gasteiger charge is 2.43. The third-order valence-corrected chi connectivity index (χ3v) is 6.57. The summed E-state index contributed by atoms with van der Waals surface area (Å²) in [7, 11) is -0.926. The van der Waals surface area contributed by atoms with Gasteiger partial charge in [-0.3, -0.25) is 0 Å². The van der Waals surface area contributed by atoms with Crippen molar-refractivity contribution >= 4 is 8.07 Å². The topological polar surface area (TPSA) is 0 Å². The summed E-state index contributed by atoms with van der Waals surface area (Å²) >= 11 is 0. The highest BCUT2D eigenvalue weighted by molar-refractivity contribution is 6.76. The van der Waals surface area contributed by atoms with Crippen molar-refractivity contribution in [2.75, 3.05) is 0 Å². The lowest BCUT2D eigenvalue weighted by atomic mass is 9.77. The van der Waals surface area contributed by atoms with E-state index < -0.39 is 8.07 Å². The summed E-state index contributed by atoms with van der Waals surface area (Å²) in [6, 6.07) is 1.51. The third-order valence-electron chi connectivity index (χ3n) is 4.82. The standard InChI is InChI=1S/C16H28Si/c1-11-7-8-15-12(2)9-14(10-17(4,5)6)16(15)13(11)3/h7-8,12,14-16H,9-10H2,1-6H3. The molecule has 1 saturated carbocycles. The minimum Gasteiger partial charge on any atom is -0.0803 e. The number of fused-ring (bicyclic) bond motifs is 1. The van der Waals surface area contributed by atoms with Gasteiger partial charge in [0.15, 0.2) is 0 Å². The van der Waals surface area contributed by atoms with Gasteiger partial charge >= 0.3 is 0 Å². The Bertz CT molecular complexity index is 356. The van der Waals surface area contributed by atoms with Crippen LogP contribution in [0.5, 0.6) is 0 Å². The second-order valence-electron chi connectivity index (χ2n) is 7.57. The fourth-order valence-corrected chi connectivity index (χ4v) is 6.04.